The molecule has 1 aliphatic rings. The molecule has 4 rings (SSSR count). The van der Waals surface area contributed by atoms with Crippen molar-refractivity contribution in [2.24, 2.45) is 0 Å². The number of nitro groups is 1. The van der Waals surface area contributed by atoms with E-state index in [2.05, 4.69) is 4.98 Å². The lowest BCUT2D eigenvalue weighted by atomic mass is 10.1. The van der Waals surface area contributed by atoms with Gasteiger partial charge in [-0.15, -0.1) is 0 Å². The van der Waals surface area contributed by atoms with Crippen LogP contribution in [0.15, 0.2) is 41.2 Å². The van der Waals surface area contributed by atoms with Crippen LogP contribution in [-0.2, 0) is 10.9 Å². The third kappa shape index (κ3) is 5.25. The van der Waals surface area contributed by atoms with Gasteiger partial charge in [-0.2, -0.15) is 18.2 Å². The monoisotopic (exact) mass is 523 g/mol. The third-order valence-corrected chi connectivity index (χ3v) is 6.77. The fourth-order valence-corrected chi connectivity index (χ4v) is 4.99. The molecule has 2 aromatic carbocycles. The standard InChI is InChI=1S/C23H20F3N3O6S/c1-2-34-18-6-4-3-5-15(18)21(31)35-14-7-9-28(10-8-14)22-27-20(30)16-11-13(23(24,25)26)12-17(29(32)33)19(16)36-22/h3-6,11-12,14H,2,7-10H2,1H3. The van der Waals surface area contributed by atoms with Gasteiger partial charge in [0, 0.05) is 32.0 Å². The minimum absolute atomic E-state index is 0.154. The topological polar surface area (TPSA) is 112 Å². The van der Waals surface area contributed by atoms with Gasteiger partial charge in [0.05, 0.1) is 22.5 Å². The number of anilines is 1. The summed E-state index contributed by atoms with van der Waals surface area (Å²) in [6.07, 6.45) is -4.46. The van der Waals surface area contributed by atoms with Crippen LogP contribution in [0.2, 0.25) is 0 Å². The van der Waals surface area contributed by atoms with Crippen LogP contribution in [-0.4, -0.2) is 41.7 Å². The highest BCUT2D eigenvalue weighted by molar-refractivity contribution is 7.22. The highest BCUT2D eigenvalue weighted by Gasteiger charge is 2.34. The number of aromatic nitrogens is 1. The van der Waals surface area contributed by atoms with Gasteiger partial charge in [-0.05, 0) is 25.1 Å². The number of hydrogen-bond donors (Lipinski definition) is 0. The van der Waals surface area contributed by atoms with E-state index in [1.165, 1.54) is 0 Å². The van der Waals surface area contributed by atoms with Gasteiger partial charge in [0.25, 0.3) is 11.2 Å². The second-order valence-electron chi connectivity index (χ2n) is 7.95. The molecular formula is C23H20F3N3O6S. The molecule has 0 N–H and O–H groups in total. The van der Waals surface area contributed by atoms with E-state index in [1.807, 2.05) is 0 Å². The van der Waals surface area contributed by atoms with E-state index in [1.54, 1.807) is 36.1 Å². The van der Waals surface area contributed by atoms with Gasteiger partial charge in [0.2, 0.25) is 0 Å². The zero-order valence-corrected chi connectivity index (χ0v) is 19.7. The molecule has 9 nitrogen and oxygen atoms in total. The number of carbonyl (C=O) groups excluding carboxylic acids is 1. The quantitative estimate of drug-likeness (QED) is 0.257. The molecule has 36 heavy (non-hydrogen) atoms. The number of para-hydroxylation sites is 1. The molecule has 0 amide bonds. The number of piperidine rings is 1. The Bertz CT molecular complexity index is 1370. The molecule has 0 spiro atoms. The van der Waals surface area contributed by atoms with Gasteiger partial charge in [-0.3, -0.25) is 14.9 Å². The second kappa shape index (κ2) is 10.1. The summed E-state index contributed by atoms with van der Waals surface area (Å²) in [6, 6.07) is 7.74. The fourth-order valence-electron chi connectivity index (χ4n) is 3.87. The molecule has 13 heteroatoms. The molecule has 2 heterocycles. The van der Waals surface area contributed by atoms with Gasteiger partial charge >= 0.3 is 12.1 Å². The summed E-state index contributed by atoms with van der Waals surface area (Å²) < 4.78 is 50.4. The zero-order chi connectivity index (χ0) is 26.0. The predicted molar refractivity (Wildman–Crippen MR) is 126 cm³/mol. The van der Waals surface area contributed by atoms with Crippen LogP contribution < -0.4 is 15.2 Å². The van der Waals surface area contributed by atoms with Crippen LogP contribution in [0.4, 0.5) is 24.0 Å². The molecule has 0 unspecified atom stereocenters. The number of rotatable bonds is 6. The van der Waals surface area contributed by atoms with E-state index in [0.717, 1.165) is 11.3 Å². The maximum atomic E-state index is 13.2. The lowest BCUT2D eigenvalue weighted by molar-refractivity contribution is -0.383. The Labute approximate surface area is 206 Å². The van der Waals surface area contributed by atoms with Crippen molar-refractivity contribution in [1.82, 2.24) is 4.98 Å². The van der Waals surface area contributed by atoms with Crippen LogP contribution in [0.1, 0.15) is 35.7 Å². The summed E-state index contributed by atoms with van der Waals surface area (Å²) in [7, 11) is 0. The number of benzene rings is 2. The molecule has 0 bridgehead atoms. The van der Waals surface area contributed by atoms with E-state index in [0.29, 0.717) is 56.0 Å². The molecule has 1 fully saturated rings. The summed E-state index contributed by atoms with van der Waals surface area (Å²) in [5, 5.41) is 11.2. The van der Waals surface area contributed by atoms with Crippen LogP contribution in [0.25, 0.3) is 10.1 Å². The first-order valence-electron chi connectivity index (χ1n) is 11.0. The Morgan fingerprint density at radius 1 is 1.25 bits per heavy atom. The predicted octanol–water partition coefficient (Wildman–Crippen LogP) is 4.81. The summed E-state index contributed by atoms with van der Waals surface area (Å²) in [4.78, 5) is 41.3. The minimum atomic E-state index is -4.85. The Kier molecular flexibility index (Phi) is 7.11. The fraction of sp³-hybridized carbons (Fsp3) is 0.348. The van der Waals surface area contributed by atoms with Crippen LogP contribution in [0.3, 0.4) is 0 Å². The highest BCUT2D eigenvalue weighted by atomic mass is 32.1. The first-order chi connectivity index (χ1) is 17.1. The highest BCUT2D eigenvalue weighted by Crippen LogP contribution is 2.38. The second-order valence-corrected chi connectivity index (χ2v) is 8.93. The van der Waals surface area contributed by atoms with Crippen LogP contribution >= 0.6 is 11.3 Å². The number of fused-ring (bicyclic) bond motifs is 1. The number of nitro benzene ring substituents is 1. The molecule has 0 atom stereocenters. The van der Waals surface area contributed by atoms with Crippen molar-refractivity contribution in [3.8, 4) is 5.75 Å². The number of esters is 1. The van der Waals surface area contributed by atoms with Gasteiger partial charge in [-0.25, -0.2) is 4.79 Å². The number of halogens is 3. The maximum absolute atomic E-state index is 13.2. The van der Waals surface area contributed by atoms with Gasteiger partial charge in [0.15, 0.2) is 5.13 Å². The van der Waals surface area contributed by atoms with Gasteiger partial charge in [0.1, 0.15) is 22.1 Å². The molecule has 1 aliphatic heterocycles. The average molecular weight is 523 g/mol. The first kappa shape index (κ1) is 25.4. The maximum Gasteiger partial charge on any atom is 0.416 e. The van der Waals surface area contributed by atoms with Crippen molar-refractivity contribution in [2.45, 2.75) is 32.0 Å². The number of ether oxygens (including phenoxy) is 2. The molecule has 3 aromatic rings. The summed E-state index contributed by atoms with van der Waals surface area (Å²) in [5.74, 6) is -0.107. The zero-order valence-electron chi connectivity index (χ0n) is 18.9. The third-order valence-electron chi connectivity index (χ3n) is 5.61. The van der Waals surface area contributed by atoms with Crippen molar-refractivity contribution >= 4 is 38.2 Å². The molecule has 0 radical (unpaired) electrons. The van der Waals surface area contributed by atoms with Crippen molar-refractivity contribution in [2.75, 3.05) is 24.6 Å². The lowest BCUT2D eigenvalue weighted by Crippen LogP contribution is -2.38. The minimum Gasteiger partial charge on any atom is -0.493 e. The SMILES string of the molecule is CCOc1ccccc1C(=O)OC1CCN(c2nc(=O)c3cc(C(F)(F)F)cc([N+](=O)[O-])c3s2)CC1. The molecule has 190 valence electrons. The van der Waals surface area contributed by atoms with E-state index < -0.39 is 45.4 Å². The lowest BCUT2D eigenvalue weighted by Gasteiger charge is -2.32. The molecule has 0 aliphatic carbocycles. The summed E-state index contributed by atoms with van der Waals surface area (Å²) in [6.45, 7) is 2.85. The van der Waals surface area contributed by atoms with Crippen molar-refractivity contribution in [3.63, 3.8) is 0 Å². The van der Waals surface area contributed by atoms with Crippen LogP contribution in [0, 0.1) is 10.1 Å². The number of nitrogens with zero attached hydrogens (tertiary/aromatic N) is 3. The van der Waals surface area contributed by atoms with Crippen molar-refractivity contribution < 1.29 is 32.4 Å². The van der Waals surface area contributed by atoms with Gasteiger partial charge < -0.3 is 14.4 Å². The van der Waals surface area contributed by atoms with Crippen molar-refractivity contribution in [1.29, 1.82) is 0 Å². The number of non-ortho nitro benzene ring substituents is 1. The normalized spacial score (nSPS) is 14.6. The Hall–Kier alpha value is -3.74. The summed E-state index contributed by atoms with van der Waals surface area (Å²) in [5.41, 5.74) is -2.76. The summed E-state index contributed by atoms with van der Waals surface area (Å²) >= 11 is 0.783. The Morgan fingerprint density at radius 2 is 1.94 bits per heavy atom. The molecule has 0 saturated carbocycles. The molecule has 1 aromatic heterocycles. The molecular weight excluding hydrogens is 503 g/mol. The Morgan fingerprint density at radius 3 is 2.58 bits per heavy atom. The number of hydrogen-bond acceptors (Lipinski definition) is 9. The van der Waals surface area contributed by atoms with E-state index in [9.17, 15) is 32.9 Å². The average Bonchev–Trinajstić information content (AvgIpc) is 2.83. The van der Waals surface area contributed by atoms with Crippen molar-refractivity contribution in [3.05, 3.63) is 68.0 Å². The van der Waals surface area contributed by atoms with E-state index in [4.69, 9.17) is 9.47 Å². The Balaban J connectivity index is 1.53. The number of carbonyl (C=O) groups is 1. The van der Waals surface area contributed by atoms with Gasteiger partial charge in [-0.1, -0.05) is 23.5 Å². The van der Waals surface area contributed by atoms with E-state index >= 15 is 0 Å². The van der Waals surface area contributed by atoms with E-state index in [-0.39, 0.29) is 9.83 Å². The largest absolute Gasteiger partial charge is 0.493 e. The molecule has 1 saturated heterocycles. The number of alkyl halides is 3. The smallest absolute Gasteiger partial charge is 0.416 e. The first-order valence-corrected chi connectivity index (χ1v) is 11.8. The van der Waals surface area contributed by atoms with Crippen LogP contribution in [0.5, 0.6) is 5.75 Å².